The second kappa shape index (κ2) is 14.3. The number of allylic oxidation sites excluding steroid dienone is 4. The van der Waals surface area contributed by atoms with Gasteiger partial charge in [-0.05, 0) is 83.2 Å². The molecule has 0 fully saturated rings. The number of carbonyl (C=O) groups is 1. The number of hydrogen-bond acceptors (Lipinski definition) is 4. The van der Waals surface area contributed by atoms with E-state index in [-0.39, 0.29) is 34.4 Å². The van der Waals surface area contributed by atoms with Crippen LogP contribution in [0.3, 0.4) is 0 Å². The van der Waals surface area contributed by atoms with Crippen LogP contribution in [0.2, 0.25) is 0 Å². The Labute approximate surface area is 269 Å². The van der Waals surface area contributed by atoms with E-state index in [0.717, 1.165) is 31.2 Å². The molecule has 3 aromatic rings. The van der Waals surface area contributed by atoms with Crippen LogP contribution in [0.25, 0.3) is 16.3 Å². The smallest absolute Gasteiger partial charge is 0.393 e. The molecule has 0 heterocycles. The van der Waals surface area contributed by atoms with E-state index in [4.69, 9.17) is 4.74 Å². The third kappa shape index (κ3) is 7.98. The van der Waals surface area contributed by atoms with Crippen LogP contribution in [0.4, 0.5) is 13.2 Å². The van der Waals surface area contributed by atoms with Crippen LogP contribution >= 0.6 is 0 Å². The molecule has 4 rings (SSSR count). The molecular weight excluding hydrogens is 587 g/mol. The van der Waals surface area contributed by atoms with E-state index in [0.29, 0.717) is 52.1 Å². The second-order valence-corrected chi connectivity index (χ2v) is 12.8. The Hall–Kier alpha value is -4.56. The molecule has 0 unspecified atom stereocenters. The van der Waals surface area contributed by atoms with E-state index < -0.39 is 12.6 Å². The molecule has 240 valence electrons. The van der Waals surface area contributed by atoms with Gasteiger partial charge in [0.25, 0.3) is 5.91 Å². The molecule has 1 aliphatic rings. The van der Waals surface area contributed by atoms with Gasteiger partial charge >= 0.3 is 6.18 Å². The molecule has 1 amide bonds. The Bertz CT molecular complexity index is 1740. The van der Waals surface area contributed by atoms with Crippen LogP contribution in [0.5, 0.6) is 11.5 Å². The normalized spacial score (nSPS) is 13.2. The van der Waals surface area contributed by atoms with Crippen molar-refractivity contribution < 1.29 is 22.7 Å². The van der Waals surface area contributed by atoms with Crippen LogP contribution in [-0.2, 0) is 5.41 Å². The van der Waals surface area contributed by atoms with Crippen LogP contribution in [-0.4, -0.2) is 30.1 Å². The van der Waals surface area contributed by atoms with Crippen molar-refractivity contribution in [2.45, 2.75) is 84.7 Å². The molecule has 0 aromatic heterocycles. The fourth-order valence-corrected chi connectivity index (χ4v) is 5.64. The molecular formula is C38H40F3N3O2. The topological polar surface area (TPSA) is 77.1 Å². The van der Waals surface area contributed by atoms with E-state index in [2.05, 4.69) is 26.0 Å². The Kier molecular flexibility index (Phi) is 10.6. The minimum atomic E-state index is -4.38. The molecule has 0 saturated heterocycles. The number of fused-ring (bicyclic) bond motifs is 1. The Morgan fingerprint density at radius 2 is 1.61 bits per heavy atom. The molecule has 5 nitrogen and oxygen atoms in total. The number of hydrogen-bond donors (Lipinski definition) is 0. The zero-order valence-corrected chi connectivity index (χ0v) is 27.1. The zero-order valence-electron chi connectivity index (χ0n) is 27.1. The van der Waals surface area contributed by atoms with Gasteiger partial charge in [0.05, 0.1) is 17.5 Å². The molecule has 46 heavy (non-hydrogen) atoms. The van der Waals surface area contributed by atoms with E-state index in [1.54, 1.807) is 30.3 Å². The van der Waals surface area contributed by atoms with E-state index in [9.17, 15) is 28.5 Å². The summed E-state index contributed by atoms with van der Waals surface area (Å²) in [6.45, 7) is 11.7. The Morgan fingerprint density at radius 1 is 0.957 bits per heavy atom. The van der Waals surface area contributed by atoms with Crippen LogP contribution < -0.4 is 4.74 Å². The number of rotatable bonds is 11. The molecule has 0 N–H and O–H groups in total. The summed E-state index contributed by atoms with van der Waals surface area (Å²) in [6.07, 6.45) is 1.56. The van der Waals surface area contributed by atoms with Crippen molar-refractivity contribution in [1.29, 1.82) is 10.5 Å². The first-order chi connectivity index (χ1) is 21.8. The highest BCUT2D eigenvalue weighted by molar-refractivity contribution is 6.03. The van der Waals surface area contributed by atoms with E-state index in [1.807, 2.05) is 37.8 Å². The third-order valence-electron chi connectivity index (χ3n) is 8.15. The maximum absolute atomic E-state index is 13.3. The Balaban J connectivity index is 1.84. The summed E-state index contributed by atoms with van der Waals surface area (Å²) in [7, 11) is 0. The molecule has 8 heteroatoms. The molecule has 0 radical (unpaired) electrons. The molecule has 0 spiro atoms. The molecule has 0 atom stereocenters. The zero-order chi connectivity index (χ0) is 33.6. The van der Waals surface area contributed by atoms with Gasteiger partial charge in [0.15, 0.2) is 0 Å². The molecule has 1 aliphatic carbocycles. The molecule has 0 saturated carbocycles. The van der Waals surface area contributed by atoms with Gasteiger partial charge in [-0.15, -0.1) is 0 Å². The number of nitriles is 2. The lowest BCUT2D eigenvalue weighted by Crippen LogP contribution is -2.32. The van der Waals surface area contributed by atoms with Gasteiger partial charge in [-0.3, -0.25) is 4.79 Å². The maximum atomic E-state index is 13.3. The summed E-state index contributed by atoms with van der Waals surface area (Å²) in [5, 5.41) is 21.4. The van der Waals surface area contributed by atoms with Gasteiger partial charge in [0.1, 0.15) is 23.6 Å². The van der Waals surface area contributed by atoms with E-state index >= 15 is 0 Å². The molecule has 0 bridgehead atoms. The highest BCUT2D eigenvalue weighted by atomic mass is 19.4. The molecule has 0 aliphatic heterocycles. The average Bonchev–Trinajstić information content (AvgIpc) is 3.46. The lowest BCUT2D eigenvalue weighted by atomic mass is 9.83. The molecule has 3 aromatic carbocycles. The van der Waals surface area contributed by atoms with Crippen molar-refractivity contribution in [3.05, 3.63) is 88.0 Å². The SMILES string of the molecule is CCCCN(CCCC)C(=O)c1ccc(Oc2cc(C(C)(C)C)cc3cc(C#N)c(C#N)c(C4=CC(CC(F)(F)F)=CC4)c23)cc1. The number of nitrogens with zero attached hydrogens (tertiary/aromatic N) is 3. The first-order valence-electron chi connectivity index (χ1n) is 15.8. The predicted octanol–water partition coefficient (Wildman–Crippen LogP) is 10.4. The minimum Gasteiger partial charge on any atom is -0.457 e. The number of carbonyl (C=O) groups excluding carboxylic acids is 1. The van der Waals surface area contributed by atoms with Crippen molar-refractivity contribution >= 4 is 22.3 Å². The summed E-state index contributed by atoms with van der Waals surface area (Å²) in [6, 6.07) is 16.6. The average molecular weight is 628 g/mol. The number of benzene rings is 3. The number of halogens is 3. The Morgan fingerprint density at radius 3 is 2.15 bits per heavy atom. The number of alkyl halides is 3. The minimum absolute atomic E-state index is 0.0334. The van der Waals surface area contributed by atoms with Crippen molar-refractivity contribution in [2.24, 2.45) is 0 Å². The number of unbranched alkanes of at least 4 members (excludes halogenated alkanes) is 2. The van der Waals surface area contributed by atoms with Gasteiger partial charge in [0.2, 0.25) is 0 Å². The summed E-state index contributed by atoms with van der Waals surface area (Å²) < 4.78 is 46.2. The van der Waals surface area contributed by atoms with Crippen molar-refractivity contribution in [3.8, 4) is 23.6 Å². The number of ether oxygens (including phenoxy) is 1. The predicted molar refractivity (Wildman–Crippen MR) is 176 cm³/mol. The monoisotopic (exact) mass is 627 g/mol. The van der Waals surface area contributed by atoms with Gasteiger partial charge in [-0.25, -0.2) is 0 Å². The number of amides is 1. The van der Waals surface area contributed by atoms with Gasteiger partial charge in [-0.2, -0.15) is 23.7 Å². The highest BCUT2D eigenvalue weighted by Crippen LogP contribution is 2.44. The largest absolute Gasteiger partial charge is 0.457 e. The van der Waals surface area contributed by atoms with Gasteiger partial charge < -0.3 is 9.64 Å². The van der Waals surface area contributed by atoms with E-state index in [1.165, 1.54) is 12.2 Å². The summed E-state index contributed by atoms with van der Waals surface area (Å²) in [4.78, 5) is 15.2. The summed E-state index contributed by atoms with van der Waals surface area (Å²) in [5.41, 5.74) is 2.43. The highest BCUT2D eigenvalue weighted by Gasteiger charge is 2.31. The fraction of sp³-hybridized carbons (Fsp3) is 0.395. The summed E-state index contributed by atoms with van der Waals surface area (Å²) in [5.74, 6) is 0.840. The second-order valence-electron chi connectivity index (χ2n) is 12.8. The lowest BCUT2D eigenvalue weighted by molar-refractivity contribution is -0.126. The van der Waals surface area contributed by atoms with Crippen LogP contribution in [0, 0.1) is 22.7 Å². The fourth-order valence-electron chi connectivity index (χ4n) is 5.64. The third-order valence-corrected chi connectivity index (χ3v) is 8.15. The van der Waals surface area contributed by atoms with Crippen molar-refractivity contribution in [2.75, 3.05) is 13.1 Å². The first-order valence-corrected chi connectivity index (χ1v) is 15.8. The van der Waals surface area contributed by atoms with Gasteiger partial charge in [0, 0.05) is 29.6 Å². The van der Waals surface area contributed by atoms with Crippen molar-refractivity contribution in [1.82, 2.24) is 4.90 Å². The quantitative estimate of drug-likeness (QED) is 0.212. The van der Waals surface area contributed by atoms with Crippen LogP contribution in [0.15, 0.2) is 60.2 Å². The standard InChI is InChI=1S/C38H40F3N3O2/c1-6-8-16-44(17-9-7-2)36(45)26-12-14-31(15-13-26)46-33-21-30(37(3,4)5)20-28-19-29(23-42)32(24-43)34(35(28)33)27-11-10-25(18-27)22-38(39,40)41/h10,12-15,18-21H,6-9,11,16-17,22H2,1-5H3. The maximum Gasteiger partial charge on any atom is 0.393 e. The van der Waals surface area contributed by atoms with Crippen LogP contribution in [0.1, 0.15) is 106 Å². The lowest BCUT2D eigenvalue weighted by Gasteiger charge is -2.24. The first kappa shape index (κ1) is 34.3. The van der Waals surface area contributed by atoms with Crippen molar-refractivity contribution in [3.63, 3.8) is 0 Å². The summed E-state index contributed by atoms with van der Waals surface area (Å²) >= 11 is 0. The van der Waals surface area contributed by atoms with Gasteiger partial charge in [-0.1, -0.05) is 65.7 Å².